The van der Waals surface area contributed by atoms with E-state index >= 15 is 0 Å². The number of ether oxygens (including phenoxy) is 2. The van der Waals surface area contributed by atoms with Crippen LogP contribution in [0.5, 0.6) is 5.75 Å². The van der Waals surface area contributed by atoms with Crippen molar-refractivity contribution < 1.29 is 14.3 Å². The van der Waals surface area contributed by atoms with E-state index in [1.54, 1.807) is 7.11 Å². The number of nitrogens with one attached hydrogen (secondary N) is 1. The number of amides is 1. The maximum absolute atomic E-state index is 12.9. The van der Waals surface area contributed by atoms with Gasteiger partial charge in [0.05, 0.1) is 6.10 Å². The van der Waals surface area contributed by atoms with Crippen molar-refractivity contribution in [3.05, 3.63) is 36.4 Å². The normalized spacial score (nSPS) is 14.6. The van der Waals surface area contributed by atoms with E-state index < -0.39 is 5.60 Å². The van der Waals surface area contributed by atoms with E-state index in [2.05, 4.69) is 26.1 Å². The van der Waals surface area contributed by atoms with Gasteiger partial charge in [0.2, 0.25) is 0 Å². The molecule has 2 rings (SSSR count). The molecule has 2 aromatic carbocycles. The second-order valence-electron chi connectivity index (χ2n) is 7.34. The van der Waals surface area contributed by atoms with Crippen LogP contribution in [-0.2, 0) is 9.53 Å². The molecule has 1 amide bonds. The monoisotopic (exact) mass is 371 g/mol. The van der Waals surface area contributed by atoms with Crippen molar-refractivity contribution in [2.75, 3.05) is 12.4 Å². The van der Waals surface area contributed by atoms with E-state index in [-0.39, 0.29) is 12.0 Å². The van der Waals surface area contributed by atoms with Gasteiger partial charge in [-0.2, -0.15) is 0 Å². The van der Waals surface area contributed by atoms with Crippen LogP contribution in [0, 0.1) is 0 Å². The van der Waals surface area contributed by atoms with Crippen molar-refractivity contribution in [1.82, 2.24) is 0 Å². The van der Waals surface area contributed by atoms with Gasteiger partial charge in [0.15, 0.2) is 0 Å². The fraction of sp³-hybridized carbons (Fsp3) is 0.522. The van der Waals surface area contributed by atoms with Gasteiger partial charge in [0.1, 0.15) is 11.4 Å². The van der Waals surface area contributed by atoms with Gasteiger partial charge in [-0.05, 0) is 38.8 Å². The molecule has 0 heterocycles. The van der Waals surface area contributed by atoms with Crippen LogP contribution in [0.25, 0.3) is 10.8 Å². The molecule has 4 nitrogen and oxygen atoms in total. The SMILES string of the molecule is CCCCC[C@](C)(OC)C(=O)Nc1ccc(O[C@H](C)CC)c2ccccc12. The number of anilines is 1. The number of carbonyl (C=O) groups is 1. The lowest BCUT2D eigenvalue weighted by molar-refractivity contribution is -0.136. The van der Waals surface area contributed by atoms with Crippen LogP contribution in [0.15, 0.2) is 36.4 Å². The van der Waals surface area contributed by atoms with Gasteiger partial charge in [-0.3, -0.25) is 4.79 Å². The number of unbranched alkanes of at least 4 members (excludes halogenated alkanes) is 2. The van der Waals surface area contributed by atoms with Gasteiger partial charge >= 0.3 is 0 Å². The third-order valence-electron chi connectivity index (χ3n) is 5.22. The van der Waals surface area contributed by atoms with E-state index in [9.17, 15) is 4.79 Å². The zero-order valence-electron chi connectivity index (χ0n) is 17.3. The van der Waals surface area contributed by atoms with Gasteiger partial charge in [-0.1, -0.05) is 57.4 Å². The highest BCUT2D eigenvalue weighted by molar-refractivity contribution is 6.06. The third-order valence-corrected chi connectivity index (χ3v) is 5.22. The lowest BCUT2D eigenvalue weighted by Gasteiger charge is -2.27. The maximum Gasteiger partial charge on any atom is 0.256 e. The van der Waals surface area contributed by atoms with Crippen LogP contribution in [0.1, 0.15) is 59.8 Å². The Hall–Kier alpha value is -2.07. The molecule has 0 saturated carbocycles. The maximum atomic E-state index is 12.9. The zero-order valence-corrected chi connectivity index (χ0v) is 17.3. The van der Waals surface area contributed by atoms with Crippen LogP contribution in [0.2, 0.25) is 0 Å². The molecular weight excluding hydrogens is 338 g/mol. The Morgan fingerprint density at radius 1 is 1.11 bits per heavy atom. The van der Waals surface area contributed by atoms with Crippen LogP contribution in [-0.4, -0.2) is 24.7 Å². The Morgan fingerprint density at radius 3 is 2.44 bits per heavy atom. The third kappa shape index (κ3) is 5.23. The van der Waals surface area contributed by atoms with Gasteiger partial charge < -0.3 is 14.8 Å². The summed E-state index contributed by atoms with van der Waals surface area (Å²) in [5.74, 6) is 0.734. The Kier molecular flexibility index (Phi) is 7.66. The minimum atomic E-state index is -0.831. The summed E-state index contributed by atoms with van der Waals surface area (Å²) in [4.78, 5) is 12.9. The molecule has 0 bridgehead atoms. The fourth-order valence-corrected chi connectivity index (χ4v) is 3.06. The second-order valence-corrected chi connectivity index (χ2v) is 7.34. The summed E-state index contributed by atoms with van der Waals surface area (Å²) in [6.45, 7) is 8.18. The van der Waals surface area contributed by atoms with E-state index in [1.165, 1.54) is 0 Å². The Morgan fingerprint density at radius 2 is 1.81 bits per heavy atom. The summed E-state index contributed by atoms with van der Waals surface area (Å²) in [6, 6.07) is 11.9. The molecule has 148 valence electrons. The number of methoxy groups -OCH3 is 1. The molecule has 0 saturated heterocycles. The molecule has 0 aromatic heterocycles. The van der Waals surface area contributed by atoms with Crippen molar-refractivity contribution in [3.63, 3.8) is 0 Å². The largest absolute Gasteiger partial charge is 0.490 e. The highest BCUT2D eigenvalue weighted by atomic mass is 16.5. The molecule has 0 aliphatic carbocycles. The predicted molar refractivity (Wildman–Crippen MR) is 113 cm³/mol. The first-order valence-electron chi connectivity index (χ1n) is 10.00. The summed E-state index contributed by atoms with van der Waals surface area (Å²) in [5, 5.41) is 5.05. The smallest absolute Gasteiger partial charge is 0.256 e. The number of fused-ring (bicyclic) bond motifs is 1. The second kappa shape index (κ2) is 9.75. The quantitative estimate of drug-likeness (QED) is 0.526. The van der Waals surface area contributed by atoms with Crippen molar-refractivity contribution in [3.8, 4) is 5.75 Å². The molecule has 0 aliphatic rings. The van der Waals surface area contributed by atoms with E-state index in [4.69, 9.17) is 9.47 Å². The van der Waals surface area contributed by atoms with Crippen molar-refractivity contribution >= 4 is 22.4 Å². The van der Waals surface area contributed by atoms with Crippen LogP contribution in [0.4, 0.5) is 5.69 Å². The zero-order chi connectivity index (χ0) is 19.9. The van der Waals surface area contributed by atoms with Crippen molar-refractivity contribution in [2.24, 2.45) is 0 Å². The lowest BCUT2D eigenvalue weighted by Crippen LogP contribution is -2.42. The Bertz CT molecular complexity index is 758. The van der Waals surface area contributed by atoms with E-state index in [1.807, 2.05) is 43.3 Å². The molecule has 0 unspecified atom stereocenters. The minimum Gasteiger partial charge on any atom is -0.490 e. The number of carbonyl (C=O) groups excluding carboxylic acids is 1. The molecule has 2 atom stereocenters. The first-order chi connectivity index (χ1) is 12.9. The molecule has 0 fully saturated rings. The molecule has 27 heavy (non-hydrogen) atoms. The molecule has 2 aromatic rings. The van der Waals surface area contributed by atoms with E-state index in [0.29, 0.717) is 6.42 Å². The van der Waals surface area contributed by atoms with Crippen molar-refractivity contribution in [2.45, 2.75) is 71.5 Å². The average Bonchev–Trinajstić information content (AvgIpc) is 2.69. The van der Waals surface area contributed by atoms with E-state index in [0.717, 1.165) is 47.9 Å². The Labute approximate surface area is 163 Å². The number of benzene rings is 2. The Balaban J connectivity index is 2.28. The minimum absolute atomic E-state index is 0.109. The molecule has 0 spiro atoms. The molecule has 4 heteroatoms. The van der Waals surface area contributed by atoms with Gasteiger partial charge in [0, 0.05) is 23.6 Å². The van der Waals surface area contributed by atoms with Crippen LogP contribution < -0.4 is 10.1 Å². The fourth-order valence-electron chi connectivity index (χ4n) is 3.06. The van der Waals surface area contributed by atoms with Gasteiger partial charge in [-0.25, -0.2) is 0 Å². The highest BCUT2D eigenvalue weighted by Gasteiger charge is 2.32. The summed E-state index contributed by atoms with van der Waals surface area (Å²) < 4.78 is 11.6. The molecular formula is C23H33NO3. The summed E-state index contributed by atoms with van der Waals surface area (Å²) in [7, 11) is 1.60. The molecule has 0 aliphatic heterocycles. The predicted octanol–water partition coefficient (Wildman–Crippen LogP) is 5.94. The van der Waals surface area contributed by atoms with Gasteiger partial charge in [-0.15, -0.1) is 0 Å². The summed E-state index contributed by atoms with van der Waals surface area (Å²) in [6.07, 6.45) is 4.97. The molecule has 0 radical (unpaired) electrons. The number of hydrogen-bond acceptors (Lipinski definition) is 3. The lowest BCUT2D eigenvalue weighted by atomic mass is 9.96. The first kappa shape index (κ1) is 21.2. The topological polar surface area (TPSA) is 47.6 Å². The highest BCUT2D eigenvalue weighted by Crippen LogP contribution is 2.33. The summed E-state index contributed by atoms with van der Waals surface area (Å²) in [5.41, 5.74) is -0.0480. The average molecular weight is 372 g/mol. The number of hydrogen-bond donors (Lipinski definition) is 1. The van der Waals surface area contributed by atoms with Crippen molar-refractivity contribution in [1.29, 1.82) is 0 Å². The first-order valence-corrected chi connectivity index (χ1v) is 10.00. The standard InChI is InChI=1S/C23H33NO3/c1-6-8-11-16-23(4,26-5)22(25)24-20-14-15-21(27-17(3)7-2)19-13-10-9-12-18(19)20/h9-10,12-15,17H,6-8,11,16H2,1-5H3,(H,24,25)/t17-,23+/m1/s1. The molecule has 1 N–H and O–H groups in total. The van der Waals surface area contributed by atoms with Crippen LogP contribution in [0.3, 0.4) is 0 Å². The number of rotatable bonds is 10. The van der Waals surface area contributed by atoms with Crippen LogP contribution >= 0.6 is 0 Å². The van der Waals surface area contributed by atoms with Gasteiger partial charge in [0.25, 0.3) is 5.91 Å². The summed E-state index contributed by atoms with van der Waals surface area (Å²) >= 11 is 0.